The zero-order valence-corrected chi connectivity index (χ0v) is 9.14. The second kappa shape index (κ2) is 5.21. The molecule has 0 aliphatic rings. The van der Waals surface area contributed by atoms with E-state index in [1.807, 2.05) is 13.0 Å². The molecular weight excluding hydrogens is 221 g/mol. The lowest BCUT2D eigenvalue weighted by Crippen LogP contribution is -2.01. The molecule has 0 saturated heterocycles. The third-order valence-electron chi connectivity index (χ3n) is 1.64. The molecule has 0 aromatic heterocycles. The summed E-state index contributed by atoms with van der Waals surface area (Å²) in [6.45, 7) is 2.30. The fourth-order valence-electron chi connectivity index (χ4n) is 1.10. The third kappa shape index (κ3) is 2.88. The van der Waals surface area contributed by atoms with Gasteiger partial charge in [-0.1, -0.05) is 23.2 Å². The second-order valence-corrected chi connectivity index (χ2v) is 3.54. The summed E-state index contributed by atoms with van der Waals surface area (Å²) in [5.41, 5.74) is 0.687. The lowest BCUT2D eigenvalue weighted by molar-refractivity contribution is 0.102. The van der Waals surface area contributed by atoms with Crippen LogP contribution in [0.25, 0.3) is 0 Å². The Morgan fingerprint density at radius 2 is 1.93 bits per heavy atom. The summed E-state index contributed by atoms with van der Waals surface area (Å²) < 4.78 is 5.21. The van der Waals surface area contributed by atoms with Gasteiger partial charge in [0.2, 0.25) is 0 Å². The molecule has 0 aliphatic carbocycles. The molecule has 1 unspecified atom stereocenters. The van der Waals surface area contributed by atoms with Crippen LogP contribution in [0.1, 0.15) is 18.6 Å². The number of rotatable bonds is 3. The number of hydrogen-bond donors (Lipinski definition) is 0. The summed E-state index contributed by atoms with van der Waals surface area (Å²) in [5.74, 6) is 0. The van der Waals surface area contributed by atoms with Gasteiger partial charge < -0.3 is 4.74 Å². The van der Waals surface area contributed by atoms with Crippen LogP contribution < -0.4 is 0 Å². The van der Waals surface area contributed by atoms with Crippen molar-refractivity contribution in [1.29, 1.82) is 5.26 Å². The Balaban J connectivity index is 2.99. The molecule has 74 valence electrons. The quantitative estimate of drug-likeness (QED) is 0.794. The van der Waals surface area contributed by atoms with Crippen molar-refractivity contribution in [3.05, 3.63) is 33.8 Å². The second-order valence-electron chi connectivity index (χ2n) is 2.67. The van der Waals surface area contributed by atoms with Crippen molar-refractivity contribution in [3.8, 4) is 6.07 Å². The average Bonchev–Trinajstić information content (AvgIpc) is 2.12. The molecule has 1 aromatic carbocycles. The first-order valence-electron chi connectivity index (χ1n) is 4.14. The molecule has 0 N–H and O–H groups in total. The van der Waals surface area contributed by atoms with E-state index < -0.39 is 6.10 Å². The molecule has 2 nitrogen and oxygen atoms in total. The van der Waals surface area contributed by atoms with Crippen LogP contribution in [0.4, 0.5) is 0 Å². The van der Waals surface area contributed by atoms with Gasteiger partial charge in [-0.2, -0.15) is 5.26 Å². The molecule has 0 aliphatic heterocycles. The standard InChI is InChI=1S/C10H9Cl2NO/c1-2-14-10(6-13)7-3-8(11)5-9(12)4-7/h3-5,10H,2H2,1H3. The van der Waals surface area contributed by atoms with Gasteiger partial charge in [0.05, 0.1) is 6.07 Å². The van der Waals surface area contributed by atoms with Crippen molar-refractivity contribution in [2.24, 2.45) is 0 Å². The molecule has 0 heterocycles. The minimum Gasteiger partial charge on any atom is -0.359 e. The molecule has 0 fully saturated rings. The van der Waals surface area contributed by atoms with Crippen LogP contribution in [0, 0.1) is 11.3 Å². The lowest BCUT2D eigenvalue weighted by Gasteiger charge is -2.09. The predicted molar refractivity (Wildman–Crippen MR) is 56.4 cm³/mol. The highest BCUT2D eigenvalue weighted by Gasteiger charge is 2.11. The van der Waals surface area contributed by atoms with Gasteiger partial charge >= 0.3 is 0 Å². The molecule has 0 spiro atoms. The van der Waals surface area contributed by atoms with Crippen molar-refractivity contribution in [1.82, 2.24) is 0 Å². The molecular formula is C10H9Cl2NO. The minimum absolute atomic E-state index is 0.475. The Kier molecular flexibility index (Phi) is 4.21. The van der Waals surface area contributed by atoms with Crippen LogP contribution in [-0.4, -0.2) is 6.61 Å². The SMILES string of the molecule is CCOC(C#N)c1cc(Cl)cc(Cl)c1. The van der Waals surface area contributed by atoms with Gasteiger partial charge in [0.25, 0.3) is 0 Å². The first-order chi connectivity index (χ1) is 6.67. The number of ether oxygens (including phenoxy) is 1. The van der Waals surface area contributed by atoms with Gasteiger partial charge in [-0.05, 0) is 30.7 Å². The summed E-state index contributed by atoms with van der Waals surface area (Å²) in [7, 11) is 0. The summed E-state index contributed by atoms with van der Waals surface area (Å²) in [5, 5.41) is 9.84. The van der Waals surface area contributed by atoms with E-state index in [9.17, 15) is 0 Å². The molecule has 0 radical (unpaired) electrons. The number of hydrogen-bond acceptors (Lipinski definition) is 2. The van der Waals surface area contributed by atoms with Crippen molar-refractivity contribution in [3.63, 3.8) is 0 Å². The van der Waals surface area contributed by atoms with E-state index in [4.69, 9.17) is 33.2 Å². The molecule has 0 amide bonds. The Morgan fingerprint density at radius 1 is 1.36 bits per heavy atom. The van der Waals surface area contributed by atoms with Gasteiger partial charge in [0, 0.05) is 16.7 Å². The van der Waals surface area contributed by atoms with Gasteiger partial charge in [-0.3, -0.25) is 0 Å². The van der Waals surface area contributed by atoms with E-state index in [2.05, 4.69) is 0 Å². The molecule has 0 saturated carbocycles. The number of benzene rings is 1. The highest BCUT2D eigenvalue weighted by atomic mass is 35.5. The van der Waals surface area contributed by atoms with Crippen molar-refractivity contribution < 1.29 is 4.74 Å². The van der Waals surface area contributed by atoms with Crippen LogP contribution in [-0.2, 0) is 4.74 Å². The Bertz CT molecular complexity index is 339. The maximum Gasteiger partial charge on any atom is 0.169 e. The van der Waals surface area contributed by atoms with Gasteiger partial charge in [0.15, 0.2) is 6.10 Å². The highest BCUT2D eigenvalue weighted by Crippen LogP contribution is 2.25. The average molecular weight is 230 g/mol. The molecule has 1 atom stereocenters. The fourth-order valence-corrected chi connectivity index (χ4v) is 1.64. The largest absolute Gasteiger partial charge is 0.359 e. The molecule has 14 heavy (non-hydrogen) atoms. The molecule has 4 heteroatoms. The van der Waals surface area contributed by atoms with Crippen LogP contribution >= 0.6 is 23.2 Å². The molecule has 1 rings (SSSR count). The van der Waals surface area contributed by atoms with E-state index >= 15 is 0 Å². The monoisotopic (exact) mass is 229 g/mol. The van der Waals surface area contributed by atoms with Crippen molar-refractivity contribution >= 4 is 23.2 Å². The zero-order chi connectivity index (χ0) is 10.6. The topological polar surface area (TPSA) is 33.0 Å². The van der Waals surface area contributed by atoms with E-state index in [0.717, 1.165) is 0 Å². The summed E-state index contributed by atoms with van der Waals surface area (Å²) in [4.78, 5) is 0. The summed E-state index contributed by atoms with van der Waals surface area (Å²) >= 11 is 11.6. The molecule has 1 aromatic rings. The first kappa shape index (κ1) is 11.3. The van der Waals surface area contributed by atoms with Crippen molar-refractivity contribution in [2.75, 3.05) is 6.61 Å². The van der Waals surface area contributed by atoms with E-state index in [0.29, 0.717) is 22.2 Å². The van der Waals surface area contributed by atoms with E-state index in [1.54, 1.807) is 18.2 Å². The highest BCUT2D eigenvalue weighted by molar-refractivity contribution is 6.34. The fraction of sp³-hybridized carbons (Fsp3) is 0.300. The predicted octanol–water partition coefficient (Wildman–Crippen LogP) is 3.59. The Labute approximate surface area is 93.0 Å². The van der Waals surface area contributed by atoms with E-state index in [-0.39, 0.29) is 0 Å². The smallest absolute Gasteiger partial charge is 0.169 e. The zero-order valence-electron chi connectivity index (χ0n) is 7.63. The number of halogens is 2. The van der Waals surface area contributed by atoms with E-state index in [1.165, 1.54) is 0 Å². The van der Waals surface area contributed by atoms with Crippen molar-refractivity contribution in [2.45, 2.75) is 13.0 Å². The summed E-state index contributed by atoms with van der Waals surface area (Å²) in [6, 6.07) is 7.01. The van der Waals surface area contributed by atoms with Crippen LogP contribution in [0.3, 0.4) is 0 Å². The van der Waals surface area contributed by atoms with Gasteiger partial charge in [-0.15, -0.1) is 0 Å². The van der Waals surface area contributed by atoms with Crippen LogP contribution in [0.15, 0.2) is 18.2 Å². The van der Waals surface area contributed by atoms with Crippen LogP contribution in [0.2, 0.25) is 10.0 Å². The number of nitrogens with zero attached hydrogens (tertiary/aromatic N) is 1. The number of nitriles is 1. The van der Waals surface area contributed by atoms with Gasteiger partial charge in [0.1, 0.15) is 0 Å². The Morgan fingerprint density at radius 3 is 2.36 bits per heavy atom. The lowest BCUT2D eigenvalue weighted by atomic mass is 10.1. The van der Waals surface area contributed by atoms with Gasteiger partial charge in [-0.25, -0.2) is 0 Å². The molecule has 0 bridgehead atoms. The maximum absolute atomic E-state index is 8.83. The van der Waals surface area contributed by atoms with Crippen LogP contribution in [0.5, 0.6) is 0 Å². The summed E-state index contributed by atoms with van der Waals surface area (Å²) in [6.07, 6.45) is -0.601. The first-order valence-corrected chi connectivity index (χ1v) is 4.90. The normalized spacial score (nSPS) is 12.1. The maximum atomic E-state index is 8.83. The third-order valence-corrected chi connectivity index (χ3v) is 2.07. The Hall–Kier alpha value is -0.750. The minimum atomic E-state index is -0.601.